The van der Waals surface area contributed by atoms with Crippen LogP contribution in [0.2, 0.25) is 0 Å². The standard InChI is InChI=1S/C21H26N2OS/c1-12-10-15(4)18(16(5)11-12)21(25)20(24-22)17(6)23-19-13(2)8-7-9-14(19)3/h7-11,23H,22H2,1-6H3. The van der Waals surface area contributed by atoms with E-state index in [1.54, 1.807) is 0 Å². The number of rotatable bonds is 5. The highest BCUT2D eigenvalue weighted by Gasteiger charge is 2.18. The van der Waals surface area contributed by atoms with Gasteiger partial charge in [0.15, 0.2) is 5.76 Å². The van der Waals surface area contributed by atoms with Crippen molar-refractivity contribution in [2.75, 3.05) is 5.32 Å². The van der Waals surface area contributed by atoms with Gasteiger partial charge < -0.3 is 10.2 Å². The maximum absolute atomic E-state index is 5.71. The molecule has 0 fully saturated rings. The Balaban J connectivity index is 2.47. The predicted octanol–water partition coefficient (Wildman–Crippen LogP) is 5.18. The van der Waals surface area contributed by atoms with Gasteiger partial charge in [-0.15, -0.1) is 0 Å². The maximum atomic E-state index is 5.71. The van der Waals surface area contributed by atoms with Crippen LogP contribution in [0.1, 0.15) is 40.3 Å². The summed E-state index contributed by atoms with van der Waals surface area (Å²) in [6, 6.07) is 10.4. The highest BCUT2D eigenvalue weighted by atomic mass is 32.1. The molecule has 0 radical (unpaired) electrons. The summed E-state index contributed by atoms with van der Waals surface area (Å²) in [6.45, 7) is 12.3. The molecule has 0 saturated carbocycles. The second kappa shape index (κ2) is 7.81. The topological polar surface area (TPSA) is 47.3 Å². The summed E-state index contributed by atoms with van der Waals surface area (Å²) in [6.07, 6.45) is 0. The van der Waals surface area contributed by atoms with Crippen LogP contribution in [0.3, 0.4) is 0 Å². The second-order valence-corrected chi connectivity index (χ2v) is 6.97. The van der Waals surface area contributed by atoms with Gasteiger partial charge in [-0.2, -0.15) is 5.90 Å². The Kier molecular flexibility index (Phi) is 5.98. The first kappa shape index (κ1) is 19.2. The van der Waals surface area contributed by atoms with E-state index in [2.05, 4.69) is 64.2 Å². The highest BCUT2D eigenvalue weighted by molar-refractivity contribution is 7.81. The molecule has 0 aliphatic carbocycles. The van der Waals surface area contributed by atoms with E-state index in [9.17, 15) is 0 Å². The van der Waals surface area contributed by atoms with Crippen molar-refractivity contribution in [3.8, 4) is 0 Å². The number of hydrogen-bond acceptors (Lipinski definition) is 4. The van der Waals surface area contributed by atoms with Crippen LogP contribution < -0.4 is 11.2 Å². The summed E-state index contributed by atoms with van der Waals surface area (Å²) < 4.78 is 0. The van der Waals surface area contributed by atoms with Crippen molar-refractivity contribution in [1.29, 1.82) is 0 Å². The van der Waals surface area contributed by atoms with Gasteiger partial charge in [-0.05, 0) is 63.8 Å². The van der Waals surface area contributed by atoms with E-state index in [0.29, 0.717) is 10.6 Å². The number of hydrogen-bond donors (Lipinski definition) is 2. The molecule has 0 spiro atoms. The summed E-state index contributed by atoms with van der Waals surface area (Å²) >= 11 is 5.71. The van der Waals surface area contributed by atoms with Gasteiger partial charge in [0.1, 0.15) is 0 Å². The van der Waals surface area contributed by atoms with E-state index in [4.69, 9.17) is 23.0 Å². The van der Waals surface area contributed by atoms with Crippen LogP contribution in [0.25, 0.3) is 0 Å². The molecule has 0 heterocycles. The van der Waals surface area contributed by atoms with Gasteiger partial charge in [0.2, 0.25) is 0 Å². The molecule has 4 heteroatoms. The zero-order valence-electron chi connectivity index (χ0n) is 15.8. The molecule has 0 atom stereocenters. The summed E-state index contributed by atoms with van der Waals surface area (Å²) in [5, 5.41) is 3.42. The highest BCUT2D eigenvalue weighted by Crippen LogP contribution is 2.25. The SMILES string of the molecule is CC(Nc1c(C)cccc1C)=C(ON)C(=S)c1c(C)cc(C)cc1C. The Morgan fingerprint density at radius 3 is 1.96 bits per heavy atom. The molecule has 0 amide bonds. The van der Waals surface area contributed by atoms with E-state index in [1.807, 2.05) is 13.0 Å². The number of benzene rings is 2. The zero-order chi connectivity index (χ0) is 18.7. The second-order valence-electron chi connectivity index (χ2n) is 6.57. The van der Waals surface area contributed by atoms with Gasteiger partial charge in [-0.25, -0.2) is 0 Å². The van der Waals surface area contributed by atoms with Crippen LogP contribution >= 0.6 is 12.2 Å². The smallest absolute Gasteiger partial charge is 0.184 e. The molecular formula is C21H26N2OS. The first-order chi connectivity index (χ1) is 11.8. The van der Waals surface area contributed by atoms with Crippen molar-refractivity contribution in [1.82, 2.24) is 0 Å². The molecule has 0 saturated heterocycles. The summed E-state index contributed by atoms with van der Waals surface area (Å²) in [7, 11) is 0. The van der Waals surface area contributed by atoms with Crippen molar-refractivity contribution in [2.45, 2.75) is 41.5 Å². The first-order valence-electron chi connectivity index (χ1n) is 8.29. The van der Waals surface area contributed by atoms with Crippen LogP contribution in [0.15, 0.2) is 41.8 Å². The summed E-state index contributed by atoms with van der Waals surface area (Å²) in [5.41, 5.74) is 8.62. The normalized spacial score (nSPS) is 11.8. The van der Waals surface area contributed by atoms with Gasteiger partial charge in [0.05, 0.1) is 10.6 Å². The lowest BCUT2D eigenvalue weighted by atomic mass is 9.96. The number of allylic oxidation sites excluding steroid dienone is 2. The Morgan fingerprint density at radius 2 is 1.48 bits per heavy atom. The molecule has 0 aliphatic rings. The molecule has 0 bridgehead atoms. The number of nitrogens with one attached hydrogen (secondary N) is 1. The van der Waals surface area contributed by atoms with Gasteiger partial charge >= 0.3 is 0 Å². The number of thiocarbonyl (C=S) groups is 1. The minimum absolute atomic E-state index is 0.493. The number of anilines is 1. The van der Waals surface area contributed by atoms with Gasteiger partial charge in [0.25, 0.3) is 0 Å². The number of aryl methyl sites for hydroxylation is 5. The van der Waals surface area contributed by atoms with Crippen LogP contribution in [0, 0.1) is 34.6 Å². The lowest BCUT2D eigenvalue weighted by Crippen LogP contribution is -2.17. The largest absolute Gasteiger partial charge is 0.408 e. The minimum atomic E-state index is 0.493. The molecule has 132 valence electrons. The minimum Gasteiger partial charge on any atom is -0.408 e. The molecule has 2 aromatic carbocycles. The Labute approximate surface area is 155 Å². The van der Waals surface area contributed by atoms with E-state index in [0.717, 1.165) is 39.2 Å². The number of nitrogens with two attached hydrogens (primary N) is 1. The third-order valence-electron chi connectivity index (χ3n) is 4.36. The maximum Gasteiger partial charge on any atom is 0.184 e. The lowest BCUT2D eigenvalue weighted by Gasteiger charge is -2.18. The molecule has 0 aromatic heterocycles. The quantitative estimate of drug-likeness (QED) is 0.255. The fourth-order valence-corrected chi connectivity index (χ4v) is 3.74. The fraction of sp³-hybridized carbons (Fsp3) is 0.286. The monoisotopic (exact) mass is 354 g/mol. The number of para-hydroxylation sites is 1. The van der Waals surface area contributed by atoms with Crippen LogP contribution in [0.5, 0.6) is 0 Å². The Hall–Kier alpha value is -2.17. The average molecular weight is 355 g/mol. The van der Waals surface area contributed by atoms with Gasteiger partial charge in [-0.1, -0.05) is 48.1 Å². The van der Waals surface area contributed by atoms with E-state index >= 15 is 0 Å². The molecule has 2 aromatic rings. The predicted molar refractivity (Wildman–Crippen MR) is 110 cm³/mol. The Morgan fingerprint density at radius 1 is 0.960 bits per heavy atom. The average Bonchev–Trinajstić information content (AvgIpc) is 2.50. The molecule has 3 nitrogen and oxygen atoms in total. The van der Waals surface area contributed by atoms with E-state index in [1.165, 1.54) is 5.56 Å². The van der Waals surface area contributed by atoms with Crippen LogP contribution in [0.4, 0.5) is 5.69 Å². The van der Waals surface area contributed by atoms with Gasteiger partial charge in [-0.3, -0.25) is 0 Å². The van der Waals surface area contributed by atoms with Crippen LogP contribution in [-0.2, 0) is 4.84 Å². The molecule has 0 unspecified atom stereocenters. The van der Waals surface area contributed by atoms with Crippen LogP contribution in [-0.4, -0.2) is 4.86 Å². The zero-order valence-corrected chi connectivity index (χ0v) is 16.6. The molecular weight excluding hydrogens is 328 g/mol. The third-order valence-corrected chi connectivity index (χ3v) is 4.75. The first-order valence-corrected chi connectivity index (χ1v) is 8.70. The van der Waals surface area contributed by atoms with E-state index in [-0.39, 0.29) is 0 Å². The molecule has 3 N–H and O–H groups in total. The summed E-state index contributed by atoms with van der Waals surface area (Å²) in [4.78, 5) is 5.82. The fourth-order valence-electron chi connectivity index (χ4n) is 3.22. The molecule has 25 heavy (non-hydrogen) atoms. The molecule has 0 aliphatic heterocycles. The lowest BCUT2D eigenvalue weighted by molar-refractivity contribution is 0.239. The van der Waals surface area contributed by atoms with Crippen molar-refractivity contribution in [3.05, 3.63) is 75.2 Å². The van der Waals surface area contributed by atoms with Crippen molar-refractivity contribution in [2.24, 2.45) is 5.90 Å². The van der Waals surface area contributed by atoms with E-state index < -0.39 is 0 Å². The summed E-state index contributed by atoms with van der Waals surface area (Å²) in [5.74, 6) is 6.08. The Bertz CT molecular complexity index is 810. The third kappa shape index (κ3) is 4.09. The van der Waals surface area contributed by atoms with Crippen molar-refractivity contribution < 1.29 is 4.84 Å². The molecule has 2 rings (SSSR count). The van der Waals surface area contributed by atoms with Crippen molar-refractivity contribution >= 4 is 22.8 Å². The van der Waals surface area contributed by atoms with Crippen molar-refractivity contribution in [3.63, 3.8) is 0 Å². The van der Waals surface area contributed by atoms with Gasteiger partial charge in [0, 0.05) is 11.3 Å².